The molecule has 5 N–H and O–H groups in total. The highest BCUT2D eigenvalue weighted by Gasteiger charge is 2.49. The third-order valence-corrected chi connectivity index (χ3v) is 8.25. The number of carboxylic acid groups (broad SMARTS) is 1. The smallest absolute Gasteiger partial charge is 0.335 e. The maximum absolute atomic E-state index is 13.3. The van der Waals surface area contributed by atoms with E-state index in [2.05, 4.69) is 0 Å². The van der Waals surface area contributed by atoms with Crippen LogP contribution in [0.25, 0.3) is 0 Å². The summed E-state index contributed by atoms with van der Waals surface area (Å²) >= 11 is 0. The van der Waals surface area contributed by atoms with Crippen LogP contribution in [-0.2, 0) is 20.7 Å². The predicted molar refractivity (Wildman–Crippen MR) is 150 cm³/mol. The minimum Gasteiger partial charge on any atom is -0.479 e. The second-order valence-corrected chi connectivity index (χ2v) is 10.9. The molecule has 3 aromatic rings. The third-order valence-electron chi connectivity index (χ3n) is 8.25. The number of rotatable bonds is 10. The predicted octanol–water partition coefficient (Wildman–Crippen LogP) is 2.91. The first kappa shape index (κ1) is 29.8. The molecule has 0 bridgehead atoms. The molecular formula is C32H34FNO8. The maximum atomic E-state index is 13.3. The van der Waals surface area contributed by atoms with Gasteiger partial charge in [0, 0.05) is 5.69 Å². The van der Waals surface area contributed by atoms with Crippen LogP contribution in [0.2, 0.25) is 0 Å². The maximum Gasteiger partial charge on any atom is 0.335 e. The van der Waals surface area contributed by atoms with E-state index < -0.39 is 42.6 Å². The van der Waals surface area contributed by atoms with Gasteiger partial charge in [-0.2, -0.15) is 0 Å². The van der Waals surface area contributed by atoms with Gasteiger partial charge in [0.2, 0.25) is 5.91 Å². The number of β-lactam (4-membered cyclic amide) rings is 1. The summed E-state index contributed by atoms with van der Waals surface area (Å²) in [5, 5.41) is 50.2. The van der Waals surface area contributed by atoms with Crippen molar-refractivity contribution in [2.45, 2.75) is 68.3 Å². The zero-order valence-corrected chi connectivity index (χ0v) is 22.7. The quantitative estimate of drug-likeness (QED) is 0.230. The Kier molecular flexibility index (Phi) is 9.00. The second-order valence-electron chi connectivity index (χ2n) is 10.9. The molecule has 0 aliphatic carbocycles. The summed E-state index contributed by atoms with van der Waals surface area (Å²) in [6.07, 6.45) is -6.82. The van der Waals surface area contributed by atoms with Crippen molar-refractivity contribution in [1.82, 2.24) is 0 Å². The van der Waals surface area contributed by atoms with Crippen molar-refractivity contribution in [3.8, 4) is 0 Å². The van der Waals surface area contributed by atoms with Gasteiger partial charge >= 0.3 is 5.97 Å². The zero-order chi connectivity index (χ0) is 30.0. The number of carboxylic acids is 1. The van der Waals surface area contributed by atoms with Crippen molar-refractivity contribution < 1.29 is 44.2 Å². The van der Waals surface area contributed by atoms with Crippen LogP contribution >= 0.6 is 0 Å². The van der Waals surface area contributed by atoms with Gasteiger partial charge in [-0.25, -0.2) is 9.18 Å². The average molecular weight is 580 g/mol. The Morgan fingerprint density at radius 3 is 2.19 bits per heavy atom. The molecule has 42 heavy (non-hydrogen) atoms. The minimum absolute atomic E-state index is 0.0428. The first-order valence-electron chi connectivity index (χ1n) is 14.0. The molecule has 2 fully saturated rings. The molecule has 2 heterocycles. The minimum atomic E-state index is -1.73. The van der Waals surface area contributed by atoms with Crippen LogP contribution in [0.5, 0.6) is 0 Å². The van der Waals surface area contributed by atoms with Gasteiger partial charge in [-0.15, -0.1) is 0 Å². The Morgan fingerprint density at radius 2 is 1.55 bits per heavy atom. The molecule has 222 valence electrons. The molecule has 3 aromatic carbocycles. The summed E-state index contributed by atoms with van der Waals surface area (Å²) in [6.45, 7) is 0. The Hall–Kier alpha value is -3.67. The van der Waals surface area contributed by atoms with Gasteiger partial charge < -0.3 is 35.2 Å². The van der Waals surface area contributed by atoms with E-state index in [1.165, 1.54) is 24.3 Å². The van der Waals surface area contributed by atoms with Gasteiger partial charge in [-0.1, -0.05) is 54.6 Å². The van der Waals surface area contributed by atoms with Crippen molar-refractivity contribution in [1.29, 1.82) is 0 Å². The van der Waals surface area contributed by atoms with Gasteiger partial charge in [-0.3, -0.25) is 4.79 Å². The first-order chi connectivity index (χ1) is 20.2. The van der Waals surface area contributed by atoms with Crippen LogP contribution in [0, 0.1) is 11.7 Å². The summed E-state index contributed by atoms with van der Waals surface area (Å²) in [7, 11) is 0. The molecule has 2 saturated heterocycles. The number of para-hydroxylation sites is 1. The van der Waals surface area contributed by atoms with Crippen molar-refractivity contribution >= 4 is 17.6 Å². The molecule has 0 aromatic heterocycles. The number of halogens is 1. The number of hydrogen-bond acceptors (Lipinski definition) is 7. The first-order valence-corrected chi connectivity index (χ1v) is 14.0. The normalized spacial score (nSPS) is 28.3. The van der Waals surface area contributed by atoms with Gasteiger partial charge in [0.25, 0.3) is 0 Å². The summed E-state index contributed by atoms with van der Waals surface area (Å²) in [6, 6.07) is 22.4. The van der Waals surface area contributed by atoms with Gasteiger partial charge in [0.15, 0.2) is 6.10 Å². The van der Waals surface area contributed by atoms with E-state index in [0.717, 1.165) is 16.8 Å². The number of aliphatic hydroxyl groups is 4. The molecule has 0 radical (unpaired) electrons. The molecule has 0 spiro atoms. The highest BCUT2D eigenvalue weighted by Crippen LogP contribution is 2.46. The number of amides is 1. The molecule has 8 atom stereocenters. The Labute approximate surface area is 242 Å². The van der Waals surface area contributed by atoms with Crippen LogP contribution < -0.4 is 4.90 Å². The number of aryl methyl sites for hydroxylation is 1. The molecule has 1 amide bonds. The van der Waals surface area contributed by atoms with Crippen LogP contribution in [0.4, 0.5) is 10.1 Å². The number of anilines is 1. The molecule has 2 aliphatic rings. The highest BCUT2D eigenvalue weighted by atomic mass is 19.1. The van der Waals surface area contributed by atoms with Crippen LogP contribution in [0.1, 0.15) is 48.1 Å². The summed E-state index contributed by atoms with van der Waals surface area (Å²) < 4.78 is 18.7. The molecule has 10 heteroatoms. The topological polar surface area (TPSA) is 148 Å². The number of carbonyl (C=O) groups excluding carboxylic acids is 1. The number of aliphatic carboxylic acids is 1. The molecule has 2 aliphatic heterocycles. The fraction of sp³-hybridized carbons (Fsp3) is 0.375. The van der Waals surface area contributed by atoms with Crippen molar-refractivity contribution in [3.63, 3.8) is 0 Å². The lowest BCUT2D eigenvalue weighted by Crippen LogP contribution is -2.59. The number of ether oxygens (including phenoxy) is 1. The van der Waals surface area contributed by atoms with Crippen LogP contribution in [0.3, 0.4) is 0 Å². The molecule has 0 saturated carbocycles. The summed E-state index contributed by atoms with van der Waals surface area (Å²) in [5.74, 6) is -2.21. The lowest BCUT2D eigenvalue weighted by atomic mass is 9.78. The van der Waals surface area contributed by atoms with E-state index >= 15 is 0 Å². The highest BCUT2D eigenvalue weighted by molar-refractivity contribution is 6.03. The van der Waals surface area contributed by atoms with E-state index in [9.17, 15) is 39.5 Å². The van der Waals surface area contributed by atoms with Crippen molar-refractivity contribution in [2.24, 2.45) is 5.92 Å². The largest absolute Gasteiger partial charge is 0.479 e. The fourth-order valence-corrected chi connectivity index (χ4v) is 5.86. The van der Waals surface area contributed by atoms with Crippen LogP contribution in [-0.4, -0.2) is 67.9 Å². The van der Waals surface area contributed by atoms with Crippen molar-refractivity contribution in [3.05, 3.63) is 101 Å². The SMILES string of the molecule is O=C(O)[C@H]1O[C@@H](CCc2ccc([C@@H]3[C@@H](CC[C@H](O)c4ccc(F)cc4)C(=O)N3c3ccccc3)cc2)[C@H](O)[C@@H](O)[C@@H]1O. The number of nitrogens with zero attached hydrogens (tertiary/aromatic N) is 1. The van der Waals surface area contributed by atoms with Crippen molar-refractivity contribution in [2.75, 3.05) is 4.90 Å². The zero-order valence-electron chi connectivity index (χ0n) is 22.7. The molecule has 9 nitrogen and oxygen atoms in total. The Balaban J connectivity index is 1.28. The lowest BCUT2D eigenvalue weighted by Gasteiger charge is -2.48. The summed E-state index contributed by atoms with van der Waals surface area (Å²) in [4.78, 5) is 26.4. The van der Waals surface area contributed by atoms with E-state index in [1.807, 2.05) is 54.6 Å². The standard InChI is InChI=1S/C32H34FNO8/c33-21-13-11-19(12-14-21)24(35)16-15-23-26(34(31(23)39)22-4-2-1-3-5-22)20-9-6-18(7-10-20)8-17-25-27(36)28(37)29(38)30(42-25)32(40)41/h1-7,9-14,23-30,35-38H,8,15-17H2,(H,40,41)/t23-,24+,25+,26-,27+,28-,29+,30+/m1/s1. The van der Waals surface area contributed by atoms with Crippen LogP contribution in [0.15, 0.2) is 78.9 Å². The second kappa shape index (κ2) is 12.7. The lowest BCUT2D eigenvalue weighted by molar-refractivity contribution is -0.228. The Morgan fingerprint density at radius 1 is 0.881 bits per heavy atom. The average Bonchev–Trinajstić information content (AvgIpc) is 2.99. The molecular weight excluding hydrogens is 545 g/mol. The molecule has 0 unspecified atom stereocenters. The third kappa shape index (κ3) is 6.08. The van der Waals surface area contributed by atoms with E-state index in [0.29, 0.717) is 24.8 Å². The van der Waals surface area contributed by atoms with Gasteiger partial charge in [0.05, 0.1) is 24.2 Å². The number of carbonyl (C=O) groups is 2. The molecule has 5 rings (SSSR count). The van der Waals surface area contributed by atoms with E-state index in [1.54, 1.807) is 4.90 Å². The number of benzene rings is 3. The monoisotopic (exact) mass is 579 g/mol. The van der Waals surface area contributed by atoms with Gasteiger partial charge in [-0.05, 0) is 66.6 Å². The Bertz CT molecular complexity index is 1370. The van der Waals surface area contributed by atoms with E-state index in [-0.39, 0.29) is 30.1 Å². The number of aliphatic hydroxyl groups excluding tert-OH is 4. The van der Waals surface area contributed by atoms with E-state index in [4.69, 9.17) is 4.74 Å². The van der Waals surface area contributed by atoms with Gasteiger partial charge in [0.1, 0.15) is 24.1 Å². The summed E-state index contributed by atoms with van der Waals surface area (Å²) in [5.41, 5.74) is 3.14. The fourth-order valence-electron chi connectivity index (χ4n) is 5.86. The number of hydrogen-bond donors (Lipinski definition) is 5.